The number of anilines is 1. The summed E-state index contributed by atoms with van der Waals surface area (Å²) in [6.45, 7) is 2.62. The summed E-state index contributed by atoms with van der Waals surface area (Å²) in [4.78, 5) is 32.3. The van der Waals surface area contributed by atoms with Gasteiger partial charge in [0, 0.05) is 37.3 Å². The summed E-state index contributed by atoms with van der Waals surface area (Å²) in [5.41, 5.74) is 2.21. The van der Waals surface area contributed by atoms with Crippen LogP contribution >= 0.6 is 0 Å². The average molecular weight is 556 g/mol. The van der Waals surface area contributed by atoms with Crippen LogP contribution in [0.1, 0.15) is 22.5 Å². The lowest BCUT2D eigenvalue weighted by Gasteiger charge is -2.27. The Labute approximate surface area is 239 Å². The topological polar surface area (TPSA) is 101 Å². The van der Waals surface area contributed by atoms with Gasteiger partial charge in [-0.2, -0.15) is 0 Å². The van der Waals surface area contributed by atoms with Gasteiger partial charge in [0.25, 0.3) is 5.91 Å². The van der Waals surface area contributed by atoms with Crippen LogP contribution in [0, 0.1) is 0 Å². The molecule has 1 aliphatic heterocycles. The van der Waals surface area contributed by atoms with Crippen molar-refractivity contribution in [2.24, 2.45) is 0 Å². The first kappa shape index (κ1) is 27.7. The second kappa shape index (κ2) is 13.0. The molecule has 0 unspecified atom stereocenters. The van der Waals surface area contributed by atoms with Crippen molar-refractivity contribution in [1.82, 2.24) is 20.0 Å². The SMILES string of the molecule is COc1ccc(C(=O)N(CC(=O)N2CCCN(c3ccc(-c4ccc(OC)cc4)nn3)CC2)Cc2ccco2)cc1. The summed E-state index contributed by atoms with van der Waals surface area (Å²) in [5.74, 6) is 2.46. The molecule has 10 heteroatoms. The van der Waals surface area contributed by atoms with Gasteiger partial charge in [0.15, 0.2) is 5.82 Å². The molecule has 1 saturated heterocycles. The maximum absolute atomic E-state index is 13.4. The molecule has 2 amide bonds. The van der Waals surface area contributed by atoms with E-state index in [4.69, 9.17) is 13.9 Å². The summed E-state index contributed by atoms with van der Waals surface area (Å²) < 4.78 is 15.9. The zero-order chi connectivity index (χ0) is 28.6. The number of carbonyl (C=O) groups excluding carboxylic acids is 2. The molecule has 4 aromatic rings. The number of methoxy groups -OCH3 is 2. The van der Waals surface area contributed by atoms with Crippen LogP contribution in [0.4, 0.5) is 5.82 Å². The summed E-state index contributed by atoms with van der Waals surface area (Å²) in [6.07, 6.45) is 2.33. The first-order valence-corrected chi connectivity index (χ1v) is 13.5. The molecular formula is C31H33N5O5. The van der Waals surface area contributed by atoms with Gasteiger partial charge in [0.2, 0.25) is 5.91 Å². The number of hydrogen-bond donors (Lipinski definition) is 0. The Hall–Kier alpha value is -4.86. The van der Waals surface area contributed by atoms with Crippen LogP contribution in [-0.2, 0) is 11.3 Å². The van der Waals surface area contributed by atoms with E-state index in [0.717, 1.165) is 35.8 Å². The van der Waals surface area contributed by atoms with E-state index in [1.807, 2.05) is 41.3 Å². The molecule has 1 aliphatic rings. The van der Waals surface area contributed by atoms with E-state index < -0.39 is 0 Å². The van der Waals surface area contributed by atoms with Crippen molar-refractivity contribution in [1.29, 1.82) is 0 Å². The standard InChI is InChI=1S/C31H33N5O5/c1-39-25-10-6-23(7-11-25)28-14-15-29(33-32-28)34-16-4-17-35(19-18-34)30(37)22-36(21-27-5-3-20-41-27)31(38)24-8-12-26(40-2)13-9-24/h3,5-15,20H,4,16-19,21-22H2,1-2H3. The van der Waals surface area contributed by atoms with Crippen LogP contribution in [0.3, 0.4) is 0 Å². The van der Waals surface area contributed by atoms with Crippen LogP contribution in [0.15, 0.2) is 83.5 Å². The Morgan fingerprint density at radius 3 is 2.22 bits per heavy atom. The number of amides is 2. The molecule has 0 radical (unpaired) electrons. The third-order valence-electron chi connectivity index (χ3n) is 7.09. The van der Waals surface area contributed by atoms with E-state index in [2.05, 4.69) is 15.1 Å². The number of nitrogens with zero attached hydrogens (tertiary/aromatic N) is 5. The monoisotopic (exact) mass is 555 g/mol. The fourth-order valence-electron chi connectivity index (χ4n) is 4.78. The van der Waals surface area contributed by atoms with Gasteiger partial charge in [-0.1, -0.05) is 0 Å². The normalized spacial score (nSPS) is 13.4. The van der Waals surface area contributed by atoms with Crippen LogP contribution in [0.2, 0.25) is 0 Å². The largest absolute Gasteiger partial charge is 0.497 e. The van der Waals surface area contributed by atoms with E-state index in [9.17, 15) is 9.59 Å². The third kappa shape index (κ3) is 6.84. The molecule has 1 fully saturated rings. The number of hydrogen-bond acceptors (Lipinski definition) is 8. The highest BCUT2D eigenvalue weighted by Gasteiger charge is 2.25. The summed E-state index contributed by atoms with van der Waals surface area (Å²) >= 11 is 0. The molecule has 0 spiro atoms. The van der Waals surface area contributed by atoms with Gasteiger partial charge in [-0.3, -0.25) is 9.59 Å². The molecule has 5 rings (SSSR count). The minimum Gasteiger partial charge on any atom is -0.497 e. The van der Waals surface area contributed by atoms with Crippen molar-refractivity contribution in [3.05, 3.63) is 90.4 Å². The highest BCUT2D eigenvalue weighted by Crippen LogP contribution is 2.22. The molecule has 0 N–H and O–H groups in total. The first-order valence-electron chi connectivity index (χ1n) is 13.5. The fourth-order valence-corrected chi connectivity index (χ4v) is 4.78. The van der Waals surface area contributed by atoms with Gasteiger partial charge in [0.05, 0.1) is 32.7 Å². The van der Waals surface area contributed by atoms with E-state index in [0.29, 0.717) is 36.7 Å². The number of benzene rings is 2. The zero-order valence-corrected chi connectivity index (χ0v) is 23.2. The van der Waals surface area contributed by atoms with Crippen LogP contribution < -0.4 is 14.4 Å². The lowest BCUT2D eigenvalue weighted by molar-refractivity contribution is -0.131. The van der Waals surface area contributed by atoms with E-state index in [1.54, 1.807) is 56.9 Å². The van der Waals surface area contributed by atoms with Gasteiger partial charge >= 0.3 is 0 Å². The maximum Gasteiger partial charge on any atom is 0.254 e. The van der Waals surface area contributed by atoms with Gasteiger partial charge in [-0.15, -0.1) is 10.2 Å². The van der Waals surface area contributed by atoms with Gasteiger partial charge in [-0.25, -0.2) is 0 Å². The Morgan fingerprint density at radius 1 is 0.854 bits per heavy atom. The van der Waals surface area contributed by atoms with Crippen molar-refractivity contribution in [3.8, 4) is 22.8 Å². The number of carbonyl (C=O) groups is 2. The van der Waals surface area contributed by atoms with Crippen LogP contribution in [-0.4, -0.2) is 78.8 Å². The molecule has 0 saturated carbocycles. The summed E-state index contributed by atoms with van der Waals surface area (Å²) in [7, 11) is 3.21. The van der Waals surface area contributed by atoms with E-state index in [1.165, 1.54) is 4.90 Å². The minimum absolute atomic E-state index is 0.0536. The third-order valence-corrected chi connectivity index (χ3v) is 7.09. The Kier molecular flexibility index (Phi) is 8.78. The summed E-state index contributed by atoms with van der Waals surface area (Å²) in [6, 6.07) is 22.0. The van der Waals surface area contributed by atoms with Crippen molar-refractivity contribution in [2.75, 3.05) is 51.8 Å². The summed E-state index contributed by atoms with van der Waals surface area (Å²) in [5, 5.41) is 8.89. The molecule has 212 valence electrons. The fraction of sp³-hybridized carbons (Fsp3) is 0.290. The lowest BCUT2D eigenvalue weighted by atomic mass is 10.1. The van der Waals surface area contributed by atoms with Crippen LogP contribution in [0.25, 0.3) is 11.3 Å². The molecule has 3 heterocycles. The number of rotatable bonds is 9. The minimum atomic E-state index is -0.249. The lowest BCUT2D eigenvalue weighted by Crippen LogP contribution is -2.44. The Balaban J connectivity index is 1.22. The second-order valence-electron chi connectivity index (χ2n) is 9.70. The molecule has 2 aromatic heterocycles. The molecule has 10 nitrogen and oxygen atoms in total. The average Bonchev–Trinajstić information content (AvgIpc) is 3.41. The second-order valence-corrected chi connectivity index (χ2v) is 9.70. The number of ether oxygens (including phenoxy) is 2. The number of aromatic nitrogens is 2. The van der Waals surface area contributed by atoms with Crippen molar-refractivity contribution in [3.63, 3.8) is 0 Å². The van der Waals surface area contributed by atoms with Gasteiger partial charge < -0.3 is 28.6 Å². The molecule has 0 atom stereocenters. The number of furan rings is 1. The molecule has 0 bridgehead atoms. The molecule has 41 heavy (non-hydrogen) atoms. The highest BCUT2D eigenvalue weighted by molar-refractivity contribution is 5.96. The Morgan fingerprint density at radius 2 is 1.59 bits per heavy atom. The molecular weight excluding hydrogens is 522 g/mol. The van der Waals surface area contributed by atoms with Gasteiger partial charge in [0.1, 0.15) is 23.8 Å². The van der Waals surface area contributed by atoms with Crippen molar-refractivity contribution < 1.29 is 23.5 Å². The van der Waals surface area contributed by atoms with Crippen molar-refractivity contribution in [2.45, 2.75) is 13.0 Å². The highest BCUT2D eigenvalue weighted by atomic mass is 16.5. The predicted molar refractivity (Wildman–Crippen MR) is 154 cm³/mol. The smallest absolute Gasteiger partial charge is 0.254 e. The Bertz CT molecular complexity index is 1420. The predicted octanol–water partition coefficient (Wildman–Crippen LogP) is 4.14. The zero-order valence-electron chi connectivity index (χ0n) is 23.2. The maximum atomic E-state index is 13.4. The van der Waals surface area contributed by atoms with E-state index >= 15 is 0 Å². The molecule has 2 aromatic carbocycles. The quantitative estimate of drug-likeness (QED) is 0.304. The van der Waals surface area contributed by atoms with Gasteiger partial charge in [-0.05, 0) is 79.2 Å². The van der Waals surface area contributed by atoms with Crippen molar-refractivity contribution >= 4 is 17.6 Å². The van der Waals surface area contributed by atoms with E-state index in [-0.39, 0.29) is 24.9 Å². The molecule has 0 aliphatic carbocycles. The first-order chi connectivity index (χ1) is 20.0. The van der Waals surface area contributed by atoms with Crippen LogP contribution in [0.5, 0.6) is 11.5 Å².